The van der Waals surface area contributed by atoms with Crippen LogP contribution in [-0.4, -0.2) is 15.9 Å². The first-order valence-electron chi connectivity index (χ1n) is 6.69. The van der Waals surface area contributed by atoms with Crippen molar-refractivity contribution < 1.29 is 22.7 Å². The molecule has 10 heteroatoms. The number of carbonyl (C=O) groups is 1. The number of halogens is 5. The molecule has 3 rings (SSSR count). The first-order chi connectivity index (χ1) is 11.7. The summed E-state index contributed by atoms with van der Waals surface area (Å²) in [6, 6.07) is 4.59. The maximum absolute atomic E-state index is 12.7. The number of benzene rings is 1. The lowest BCUT2D eigenvalue weighted by molar-refractivity contribution is -0.137. The predicted octanol–water partition coefficient (Wildman–Crippen LogP) is 5.37. The minimum Gasteiger partial charge on any atom is -0.455 e. The normalized spacial score (nSPS) is 11.7. The molecule has 0 saturated carbocycles. The van der Waals surface area contributed by atoms with Gasteiger partial charge in [-0.25, -0.2) is 14.8 Å². The van der Waals surface area contributed by atoms with Gasteiger partial charge in [-0.15, -0.1) is 11.3 Å². The highest BCUT2D eigenvalue weighted by atomic mass is 35.5. The standard InChI is InChI=1S/C15H7Cl2F3N2O2S/c16-9-3-7(5-21-13(9)17)14(23)24-6-12-22-10-4-8(15(18,19)20)1-2-11(10)25-12/h1-5H,6H2. The van der Waals surface area contributed by atoms with Crippen LogP contribution in [0.5, 0.6) is 0 Å². The van der Waals surface area contributed by atoms with E-state index >= 15 is 0 Å². The lowest BCUT2D eigenvalue weighted by Crippen LogP contribution is -2.05. The molecule has 0 aliphatic rings. The zero-order valence-electron chi connectivity index (χ0n) is 12.1. The summed E-state index contributed by atoms with van der Waals surface area (Å²) < 4.78 is 43.8. The molecule has 0 saturated heterocycles. The highest BCUT2D eigenvalue weighted by Crippen LogP contribution is 2.33. The van der Waals surface area contributed by atoms with Gasteiger partial charge in [-0.2, -0.15) is 13.2 Å². The summed E-state index contributed by atoms with van der Waals surface area (Å²) in [6.07, 6.45) is -3.23. The Bertz CT molecular complexity index is 960. The molecule has 0 fully saturated rings. The van der Waals surface area contributed by atoms with E-state index in [9.17, 15) is 18.0 Å². The van der Waals surface area contributed by atoms with Crippen molar-refractivity contribution in [2.24, 2.45) is 0 Å². The van der Waals surface area contributed by atoms with E-state index in [1.807, 2.05) is 0 Å². The molecule has 0 aliphatic heterocycles. The number of nitrogens with zero attached hydrogens (tertiary/aromatic N) is 2. The molecule has 0 radical (unpaired) electrons. The molecule has 0 spiro atoms. The minimum absolute atomic E-state index is 0.0601. The number of aromatic nitrogens is 2. The Morgan fingerprint density at radius 3 is 2.68 bits per heavy atom. The van der Waals surface area contributed by atoms with E-state index in [1.54, 1.807) is 0 Å². The van der Waals surface area contributed by atoms with Gasteiger partial charge >= 0.3 is 12.1 Å². The van der Waals surface area contributed by atoms with Crippen LogP contribution >= 0.6 is 34.5 Å². The largest absolute Gasteiger partial charge is 0.455 e. The summed E-state index contributed by atoms with van der Waals surface area (Å²) >= 11 is 12.6. The van der Waals surface area contributed by atoms with Crippen molar-refractivity contribution >= 4 is 50.7 Å². The van der Waals surface area contributed by atoms with Gasteiger partial charge in [0.2, 0.25) is 0 Å². The lowest BCUT2D eigenvalue weighted by atomic mass is 10.2. The Balaban J connectivity index is 1.74. The van der Waals surface area contributed by atoms with Gasteiger partial charge in [0.1, 0.15) is 16.8 Å². The summed E-state index contributed by atoms with van der Waals surface area (Å²) in [5.41, 5.74) is -0.479. The van der Waals surface area contributed by atoms with E-state index in [0.717, 1.165) is 23.5 Å². The number of ether oxygens (including phenoxy) is 1. The van der Waals surface area contributed by atoms with Gasteiger partial charge in [-0.05, 0) is 24.3 Å². The van der Waals surface area contributed by atoms with E-state index in [1.165, 1.54) is 18.3 Å². The van der Waals surface area contributed by atoms with E-state index in [-0.39, 0.29) is 27.9 Å². The molecule has 1 aromatic carbocycles. The van der Waals surface area contributed by atoms with Crippen LogP contribution in [0.2, 0.25) is 10.2 Å². The van der Waals surface area contributed by atoms with Crippen LogP contribution < -0.4 is 0 Å². The highest BCUT2D eigenvalue weighted by molar-refractivity contribution is 7.18. The molecule has 0 amide bonds. The number of hydrogen-bond acceptors (Lipinski definition) is 5. The zero-order chi connectivity index (χ0) is 18.2. The minimum atomic E-state index is -4.44. The number of thiazole rings is 1. The number of carbonyl (C=O) groups excluding carboxylic acids is 1. The number of esters is 1. The molecule has 25 heavy (non-hydrogen) atoms. The SMILES string of the molecule is O=C(OCc1nc2cc(C(F)(F)F)ccc2s1)c1cnc(Cl)c(Cl)c1. The van der Waals surface area contributed by atoms with Gasteiger partial charge in [-0.1, -0.05) is 23.2 Å². The Hall–Kier alpha value is -1.90. The maximum atomic E-state index is 12.7. The number of alkyl halides is 3. The van der Waals surface area contributed by atoms with Crippen LogP contribution in [0, 0.1) is 0 Å². The molecule has 0 bridgehead atoms. The number of fused-ring (bicyclic) bond motifs is 1. The smallest absolute Gasteiger partial charge is 0.416 e. The third-order valence-corrected chi connectivity index (χ3v) is 4.81. The third-order valence-electron chi connectivity index (χ3n) is 3.12. The molecule has 2 aromatic heterocycles. The van der Waals surface area contributed by atoms with Crippen LogP contribution in [0.4, 0.5) is 13.2 Å². The van der Waals surface area contributed by atoms with Crippen LogP contribution in [0.25, 0.3) is 10.2 Å². The van der Waals surface area contributed by atoms with Crippen molar-refractivity contribution in [3.63, 3.8) is 0 Å². The Labute approximate surface area is 153 Å². The van der Waals surface area contributed by atoms with Crippen molar-refractivity contribution in [1.29, 1.82) is 0 Å². The molecule has 3 aromatic rings. The molecule has 4 nitrogen and oxygen atoms in total. The average Bonchev–Trinajstić information content (AvgIpc) is 2.96. The van der Waals surface area contributed by atoms with Gasteiger partial charge in [-0.3, -0.25) is 0 Å². The van der Waals surface area contributed by atoms with Gasteiger partial charge in [0.05, 0.1) is 26.4 Å². The Morgan fingerprint density at radius 2 is 2.00 bits per heavy atom. The van der Waals surface area contributed by atoms with E-state index < -0.39 is 17.7 Å². The predicted molar refractivity (Wildman–Crippen MR) is 88.0 cm³/mol. The van der Waals surface area contributed by atoms with Crippen molar-refractivity contribution in [3.05, 3.63) is 56.8 Å². The number of pyridine rings is 1. The van der Waals surface area contributed by atoms with Crippen molar-refractivity contribution in [3.8, 4) is 0 Å². The molecule has 130 valence electrons. The number of rotatable bonds is 3. The summed E-state index contributed by atoms with van der Waals surface area (Å²) in [4.78, 5) is 19.7. The molecule has 0 atom stereocenters. The van der Waals surface area contributed by atoms with Gasteiger partial charge in [0.25, 0.3) is 0 Å². The van der Waals surface area contributed by atoms with E-state index in [4.69, 9.17) is 27.9 Å². The summed E-state index contributed by atoms with van der Waals surface area (Å²) in [5.74, 6) is -0.693. The molecule has 0 aliphatic carbocycles. The second-order valence-electron chi connectivity index (χ2n) is 4.86. The van der Waals surface area contributed by atoms with Crippen LogP contribution in [0.1, 0.15) is 20.9 Å². The number of hydrogen-bond donors (Lipinski definition) is 0. The fraction of sp³-hybridized carbons (Fsp3) is 0.133. The van der Waals surface area contributed by atoms with Crippen LogP contribution in [-0.2, 0) is 17.5 Å². The maximum Gasteiger partial charge on any atom is 0.416 e. The second-order valence-corrected chi connectivity index (χ2v) is 6.74. The quantitative estimate of drug-likeness (QED) is 0.433. The Kier molecular flexibility index (Phi) is 4.86. The zero-order valence-corrected chi connectivity index (χ0v) is 14.4. The first-order valence-corrected chi connectivity index (χ1v) is 8.26. The van der Waals surface area contributed by atoms with Crippen LogP contribution in [0.3, 0.4) is 0 Å². The fourth-order valence-electron chi connectivity index (χ4n) is 1.96. The molecular formula is C15H7Cl2F3N2O2S. The summed E-state index contributed by atoms with van der Waals surface area (Å²) in [7, 11) is 0. The monoisotopic (exact) mass is 406 g/mol. The summed E-state index contributed by atoms with van der Waals surface area (Å²) in [6.45, 7) is -0.181. The third kappa shape index (κ3) is 4.02. The van der Waals surface area contributed by atoms with Gasteiger partial charge < -0.3 is 4.74 Å². The molecule has 2 heterocycles. The van der Waals surface area contributed by atoms with E-state index in [0.29, 0.717) is 9.71 Å². The molecule has 0 N–H and O–H groups in total. The first kappa shape index (κ1) is 17.9. The van der Waals surface area contributed by atoms with Crippen molar-refractivity contribution in [2.75, 3.05) is 0 Å². The molecular weight excluding hydrogens is 400 g/mol. The topological polar surface area (TPSA) is 52.1 Å². The molecule has 0 unspecified atom stereocenters. The van der Waals surface area contributed by atoms with Crippen molar-refractivity contribution in [2.45, 2.75) is 12.8 Å². The van der Waals surface area contributed by atoms with Crippen molar-refractivity contribution in [1.82, 2.24) is 9.97 Å². The highest BCUT2D eigenvalue weighted by Gasteiger charge is 2.30. The fourth-order valence-corrected chi connectivity index (χ4v) is 3.09. The van der Waals surface area contributed by atoms with Gasteiger partial charge in [0, 0.05) is 6.20 Å². The summed E-state index contributed by atoms with van der Waals surface area (Å²) in [5, 5.41) is 0.538. The average molecular weight is 407 g/mol. The van der Waals surface area contributed by atoms with Crippen LogP contribution in [0.15, 0.2) is 30.5 Å². The van der Waals surface area contributed by atoms with E-state index in [2.05, 4.69) is 9.97 Å². The Morgan fingerprint density at radius 1 is 1.24 bits per heavy atom. The van der Waals surface area contributed by atoms with Gasteiger partial charge in [0.15, 0.2) is 0 Å². The second kappa shape index (κ2) is 6.78. The lowest BCUT2D eigenvalue weighted by Gasteiger charge is -2.04.